The molecule has 0 aliphatic heterocycles. The molecule has 2 nitrogen and oxygen atoms in total. The highest BCUT2D eigenvalue weighted by Gasteiger charge is 2.00. The highest BCUT2D eigenvalue weighted by molar-refractivity contribution is 7.99. The van der Waals surface area contributed by atoms with Crippen molar-refractivity contribution in [3.05, 3.63) is 29.8 Å². The smallest absolute Gasteiger partial charge is 0.0966 e. The molecule has 78 valence electrons. The number of ether oxygens (including phenoxy) is 1. The molecule has 2 N–H and O–H groups in total. The van der Waals surface area contributed by atoms with Gasteiger partial charge in [-0.25, -0.2) is 0 Å². The Morgan fingerprint density at radius 3 is 2.93 bits per heavy atom. The second kappa shape index (κ2) is 6.06. The predicted molar refractivity (Wildman–Crippen MR) is 61.4 cm³/mol. The minimum Gasteiger partial charge on any atom is -0.371 e. The second-order valence-corrected chi connectivity index (χ2v) is 4.11. The molecule has 1 atom stereocenters. The van der Waals surface area contributed by atoms with Crippen LogP contribution in [-0.2, 0) is 4.74 Å². The molecule has 0 aromatic heterocycles. The number of hydrogen-bond acceptors (Lipinski definition) is 3. The molecule has 0 aliphatic rings. The Morgan fingerprint density at radius 2 is 2.29 bits per heavy atom. The summed E-state index contributed by atoms with van der Waals surface area (Å²) in [6.07, 6.45) is 0. The molecule has 0 heterocycles. The minimum atomic E-state index is 0.0997. The first kappa shape index (κ1) is 11.6. The first-order chi connectivity index (χ1) is 6.74. The average molecular weight is 211 g/mol. The molecule has 0 amide bonds. The van der Waals surface area contributed by atoms with Crippen molar-refractivity contribution in [3.63, 3.8) is 0 Å². The van der Waals surface area contributed by atoms with Crippen molar-refractivity contribution >= 4 is 11.8 Å². The monoisotopic (exact) mass is 211 g/mol. The molecule has 0 spiro atoms. The molecular formula is C11H17NOS. The van der Waals surface area contributed by atoms with E-state index in [4.69, 9.17) is 10.5 Å². The maximum Gasteiger partial charge on any atom is 0.0966 e. The molecule has 3 heteroatoms. The summed E-state index contributed by atoms with van der Waals surface area (Å²) in [6, 6.07) is 8.38. The average Bonchev–Trinajstić information content (AvgIpc) is 2.19. The summed E-state index contributed by atoms with van der Waals surface area (Å²) in [5.74, 6) is 0.707. The van der Waals surface area contributed by atoms with Gasteiger partial charge in [-0.3, -0.25) is 0 Å². The zero-order chi connectivity index (χ0) is 10.4. The molecule has 0 aliphatic carbocycles. The second-order valence-electron chi connectivity index (χ2n) is 3.12. The first-order valence-corrected chi connectivity index (χ1v) is 5.78. The number of benzene rings is 1. The van der Waals surface area contributed by atoms with E-state index < -0.39 is 0 Å². The molecule has 1 aromatic rings. The van der Waals surface area contributed by atoms with Gasteiger partial charge in [0.05, 0.1) is 5.94 Å². The van der Waals surface area contributed by atoms with Crippen LogP contribution in [-0.4, -0.2) is 12.5 Å². The highest BCUT2D eigenvalue weighted by atomic mass is 32.2. The summed E-state index contributed by atoms with van der Waals surface area (Å²) in [5, 5.41) is 0. The van der Waals surface area contributed by atoms with Gasteiger partial charge in [-0.15, -0.1) is 0 Å². The van der Waals surface area contributed by atoms with Gasteiger partial charge in [0.1, 0.15) is 0 Å². The van der Waals surface area contributed by atoms with Crippen molar-refractivity contribution in [3.8, 4) is 0 Å². The number of hydrogen-bond donors (Lipinski definition) is 1. The first-order valence-electron chi connectivity index (χ1n) is 4.80. The van der Waals surface area contributed by atoms with Gasteiger partial charge in [-0.05, 0) is 31.5 Å². The summed E-state index contributed by atoms with van der Waals surface area (Å²) in [6.45, 7) is 4.76. The largest absolute Gasteiger partial charge is 0.371 e. The van der Waals surface area contributed by atoms with Crippen LogP contribution in [0.5, 0.6) is 0 Å². The standard InChI is InChI=1S/C11H17NOS/c1-3-13-8-14-11-6-4-5-10(7-11)9(2)12/h4-7,9H,3,8,12H2,1-2H3. The summed E-state index contributed by atoms with van der Waals surface area (Å²) in [5.41, 5.74) is 6.97. The molecular weight excluding hydrogens is 194 g/mol. The van der Waals surface area contributed by atoms with Gasteiger partial charge < -0.3 is 10.5 Å². The van der Waals surface area contributed by atoms with E-state index in [0.29, 0.717) is 5.94 Å². The molecule has 1 rings (SSSR count). The molecule has 0 saturated heterocycles. The van der Waals surface area contributed by atoms with Crippen LogP contribution in [0.15, 0.2) is 29.2 Å². The quantitative estimate of drug-likeness (QED) is 0.462. The predicted octanol–water partition coefficient (Wildman–Crippen LogP) is 2.79. The SMILES string of the molecule is CCOCSc1cccc(C(C)N)c1. The minimum absolute atomic E-state index is 0.0997. The Balaban J connectivity index is 2.55. The maximum absolute atomic E-state index is 5.80. The topological polar surface area (TPSA) is 35.2 Å². The van der Waals surface area contributed by atoms with Crippen LogP contribution >= 0.6 is 11.8 Å². The van der Waals surface area contributed by atoms with Gasteiger partial charge in [0.25, 0.3) is 0 Å². The van der Waals surface area contributed by atoms with E-state index in [-0.39, 0.29) is 6.04 Å². The normalized spacial score (nSPS) is 12.8. The zero-order valence-electron chi connectivity index (χ0n) is 8.69. The van der Waals surface area contributed by atoms with Crippen molar-refractivity contribution in [2.75, 3.05) is 12.5 Å². The Labute approximate surface area is 89.8 Å². The summed E-state index contributed by atoms with van der Waals surface area (Å²) in [7, 11) is 0. The Hall–Kier alpha value is -0.510. The molecule has 1 aromatic carbocycles. The van der Waals surface area contributed by atoms with Crippen LogP contribution in [0, 0.1) is 0 Å². The summed E-state index contributed by atoms with van der Waals surface area (Å²) in [4.78, 5) is 1.22. The lowest BCUT2D eigenvalue weighted by atomic mass is 10.1. The Kier molecular flexibility index (Phi) is 5.01. The van der Waals surface area contributed by atoms with E-state index in [0.717, 1.165) is 6.61 Å². The van der Waals surface area contributed by atoms with Gasteiger partial charge in [0, 0.05) is 17.5 Å². The number of nitrogens with two attached hydrogens (primary N) is 1. The maximum atomic E-state index is 5.80. The van der Waals surface area contributed by atoms with Crippen molar-refractivity contribution in [1.82, 2.24) is 0 Å². The molecule has 14 heavy (non-hydrogen) atoms. The van der Waals surface area contributed by atoms with E-state index >= 15 is 0 Å². The lowest BCUT2D eigenvalue weighted by Crippen LogP contribution is -2.04. The van der Waals surface area contributed by atoms with Crippen LogP contribution < -0.4 is 5.73 Å². The van der Waals surface area contributed by atoms with Crippen LogP contribution in [0.3, 0.4) is 0 Å². The molecule has 0 fully saturated rings. The van der Waals surface area contributed by atoms with Crippen LogP contribution in [0.2, 0.25) is 0 Å². The van der Waals surface area contributed by atoms with E-state index in [1.165, 1.54) is 10.5 Å². The molecule has 0 saturated carbocycles. The number of rotatable bonds is 5. The highest BCUT2D eigenvalue weighted by Crippen LogP contribution is 2.21. The van der Waals surface area contributed by atoms with Crippen LogP contribution in [0.1, 0.15) is 25.5 Å². The van der Waals surface area contributed by atoms with Gasteiger partial charge >= 0.3 is 0 Å². The Morgan fingerprint density at radius 1 is 1.50 bits per heavy atom. The van der Waals surface area contributed by atoms with E-state index in [2.05, 4.69) is 18.2 Å². The lowest BCUT2D eigenvalue weighted by Gasteiger charge is -2.07. The third-order valence-electron chi connectivity index (χ3n) is 1.90. The third kappa shape index (κ3) is 3.70. The molecule has 0 bridgehead atoms. The van der Waals surface area contributed by atoms with Gasteiger partial charge in [-0.1, -0.05) is 23.9 Å². The number of thioether (sulfide) groups is 1. The van der Waals surface area contributed by atoms with Crippen molar-refractivity contribution in [2.24, 2.45) is 5.73 Å². The molecule has 1 unspecified atom stereocenters. The molecule has 0 radical (unpaired) electrons. The van der Waals surface area contributed by atoms with Crippen LogP contribution in [0.25, 0.3) is 0 Å². The van der Waals surface area contributed by atoms with E-state index in [1.807, 2.05) is 19.9 Å². The van der Waals surface area contributed by atoms with Gasteiger partial charge in [-0.2, -0.15) is 0 Å². The lowest BCUT2D eigenvalue weighted by molar-refractivity contribution is 0.199. The van der Waals surface area contributed by atoms with E-state index in [1.54, 1.807) is 11.8 Å². The van der Waals surface area contributed by atoms with Crippen molar-refractivity contribution in [2.45, 2.75) is 24.8 Å². The van der Waals surface area contributed by atoms with E-state index in [9.17, 15) is 0 Å². The van der Waals surface area contributed by atoms with Crippen molar-refractivity contribution in [1.29, 1.82) is 0 Å². The Bertz CT molecular complexity index is 276. The van der Waals surface area contributed by atoms with Crippen LogP contribution in [0.4, 0.5) is 0 Å². The fourth-order valence-corrected chi connectivity index (χ4v) is 1.86. The fraction of sp³-hybridized carbons (Fsp3) is 0.455. The zero-order valence-corrected chi connectivity index (χ0v) is 9.51. The summed E-state index contributed by atoms with van der Waals surface area (Å²) < 4.78 is 5.27. The van der Waals surface area contributed by atoms with Gasteiger partial charge in [0.2, 0.25) is 0 Å². The summed E-state index contributed by atoms with van der Waals surface area (Å²) >= 11 is 1.70. The third-order valence-corrected chi connectivity index (χ3v) is 2.77. The van der Waals surface area contributed by atoms with Gasteiger partial charge in [0.15, 0.2) is 0 Å². The van der Waals surface area contributed by atoms with Crippen molar-refractivity contribution < 1.29 is 4.74 Å². The fourth-order valence-electron chi connectivity index (χ4n) is 1.08.